The molecule has 0 saturated carbocycles. The van der Waals surface area contributed by atoms with Gasteiger partial charge in [0, 0.05) is 36.8 Å². The molecule has 0 aliphatic carbocycles. The highest BCUT2D eigenvalue weighted by Crippen LogP contribution is 2.23. The van der Waals surface area contributed by atoms with E-state index in [0.29, 0.717) is 36.8 Å². The number of nitrogens with two attached hydrogens (primary N) is 1. The van der Waals surface area contributed by atoms with Gasteiger partial charge in [-0.1, -0.05) is 30.3 Å². The number of piperazine rings is 1. The van der Waals surface area contributed by atoms with Crippen molar-refractivity contribution < 1.29 is 23.9 Å². The first-order valence-corrected chi connectivity index (χ1v) is 11.0. The lowest BCUT2D eigenvalue weighted by Gasteiger charge is -2.34. The minimum Gasteiger partial charge on any atom is -0.452 e. The summed E-state index contributed by atoms with van der Waals surface area (Å²) in [7, 11) is 0. The second-order valence-corrected chi connectivity index (χ2v) is 8.01. The van der Waals surface area contributed by atoms with Gasteiger partial charge in [-0.15, -0.1) is 11.8 Å². The second kappa shape index (κ2) is 11.2. The average Bonchev–Trinajstić information content (AvgIpc) is 2.82. The minimum atomic E-state index is -0.646. The minimum absolute atomic E-state index is 0.0331. The fourth-order valence-electron chi connectivity index (χ4n) is 3.09. The molecule has 1 aliphatic rings. The van der Waals surface area contributed by atoms with Gasteiger partial charge < -0.3 is 25.6 Å². The number of esters is 1. The maximum atomic E-state index is 12.5. The standard InChI is InChI=1S/C22H24N4O5S/c23-19(27)15-32-18-9-5-4-8-17(18)21(29)31-14-20(28)25-10-12-26(13-11-25)22(30)24-16-6-2-1-3-7-16/h1-9H,10-15H2,(H2,23,27)(H,24,30). The van der Waals surface area contributed by atoms with E-state index >= 15 is 0 Å². The maximum absolute atomic E-state index is 12.5. The molecule has 2 aromatic rings. The number of urea groups is 1. The van der Waals surface area contributed by atoms with Crippen molar-refractivity contribution in [2.45, 2.75) is 4.90 Å². The summed E-state index contributed by atoms with van der Waals surface area (Å²) in [5.41, 5.74) is 6.14. The van der Waals surface area contributed by atoms with Crippen LogP contribution < -0.4 is 11.1 Å². The number of carbonyl (C=O) groups is 4. The van der Waals surface area contributed by atoms with Crippen LogP contribution in [0.15, 0.2) is 59.5 Å². The number of nitrogens with one attached hydrogen (secondary N) is 1. The Morgan fingerprint density at radius 3 is 2.22 bits per heavy atom. The van der Waals surface area contributed by atoms with Gasteiger partial charge in [-0.3, -0.25) is 9.59 Å². The van der Waals surface area contributed by atoms with Gasteiger partial charge in [0.1, 0.15) is 0 Å². The van der Waals surface area contributed by atoms with Crippen LogP contribution in [0.5, 0.6) is 0 Å². The Hall–Kier alpha value is -3.53. The molecular formula is C22H24N4O5S. The molecule has 0 radical (unpaired) electrons. The fraction of sp³-hybridized carbons (Fsp3) is 0.273. The molecule has 1 aliphatic heterocycles. The summed E-state index contributed by atoms with van der Waals surface area (Å²) in [5.74, 6) is -1.44. The average molecular weight is 457 g/mol. The first-order chi connectivity index (χ1) is 15.4. The number of anilines is 1. The van der Waals surface area contributed by atoms with Gasteiger partial charge >= 0.3 is 12.0 Å². The van der Waals surface area contributed by atoms with Crippen molar-refractivity contribution in [3.05, 3.63) is 60.2 Å². The van der Waals surface area contributed by atoms with Crippen LogP contribution in [0, 0.1) is 0 Å². The van der Waals surface area contributed by atoms with Crippen LogP contribution in [-0.2, 0) is 14.3 Å². The number of thioether (sulfide) groups is 1. The molecule has 32 heavy (non-hydrogen) atoms. The highest BCUT2D eigenvalue weighted by molar-refractivity contribution is 8.00. The molecule has 1 saturated heterocycles. The molecule has 4 amide bonds. The molecule has 168 valence electrons. The predicted octanol–water partition coefficient (Wildman–Crippen LogP) is 1.80. The Balaban J connectivity index is 1.46. The number of primary amides is 1. The summed E-state index contributed by atoms with van der Waals surface area (Å²) < 4.78 is 5.19. The summed E-state index contributed by atoms with van der Waals surface area (Å²) in [6.45, 7) is 1.06. The number of amides is 4. The highest BCUT2D eigenvalue weighted by atomic mass is 32.2. The molecule has 0 spiro atoms. The third kappa shape index (κ3) is 6.48. The van der Waals surface area contributed by atoms with Crippen molar-refractivity contribution in [3.63, 3.8) is 0 Å². The topological polar surface area (TPSA) is 122 Å². The van der Waals surface area contributed by atoms with Crippen LogP contribution in [0.2, 0.25) is 0 Å². The molecule has 0 aromatic heterocycles. The molecule has 1 heterocycles. The number of ether oxygens (including phenoxy) is 1. The Bertz CT molecular complexity index is 977. The first kappa shape index (κ1) is 23.1. The Labute approximate surface area is 189 Å². The number of hydrogen-bond acceptors (Lipinski definition) is 6. The predicted molar refractivity (Wildman–Crippen MR) is 120 cm³/mol. The molecule has 0 atom stereocenters. The highest BCUT2D eigenvalue weighted by Gasteiger charge is 2.25. The Morgan fingerprint density at radius 1 is 0.906 bits per heavy atom. The summed E-state index contributed by atoms with van der Waals surface area (Å²) in [5, 5.41) is 2.82. The van der Waals surface area contributed by atoms with Gasteiger partial charge in [-0.2, -0.15) is 0 Å². The molecule has 1 fully saturated rings. The van der Waals surface area contributed by atoms with E-state index in [0.717, 1.165) is 11.8 Å². The molecule has 3 rings (SSSR count). The van der Waals surface area contributed by atoms with Crippen molar-refractivity contribution in [1.29, 1.82) is 0 Å². The third-order valence-electron chi connectivity index (χ3n) is 4.75. The van der Waals surface area contributed by atoms with E-state index in [1.807, 2.05) is 18.2 Å². The van der Waals surface area contributed by atoms with Gasteiger partial charge in [0.2, 0.25) is 5.91 Å². The number of para-hydroxylation sites is 1. The van der Waals surface area contributed by atoms with Gasteiger partial charge in [0.15, 0.2) is 6.61 Å². The van der Waals surface area contributed by atoms with E-state index in [9.17, 15) is 19.2 Å². The smallest absolute Gasteiger partial charge is 0.339 e. The first-order valence-electron chi connectivity index (χ1n) is 10.00. The van der Waals surface area contributed by atoms with E-state index in [1.165, 1.54) is 0 Å². The van der Waals surface area contributed by atoms with Gasteiger partial charge in [0.05, 0.1) is 11.3 Å². The lowest BCUT2D eigenvalue weighted by Crippen LogP contribution is -2.52. The molecule has 0 bridgehead atoms. The quantitative estimate of drug-likeness (QED) is 0.484. The lowest BCUT2D eigenvalue weighted by molar-refractivity contribution is -0.135. The van der Waals surface area contributed by atoms with E-state index in [2.05, 4.69) is 5.32 Å². The lowest BCUT2D eigenvalue weighted by atomic mass is 10.2. The largest absolute Gasteiger partial charge is 0.452 e. The zero-order valence-corrected chi connectivity index (χ0v) is 18.2. The third-order valence-corrected chi connectivity index (χ3v) is 5.84. The van der Waals surface area contributed by atoms with Crippen molar-refractivity contribution in [2.75, 3.05) is 43.9 Å². The van der Waals surface area contributed by atoms with E-state index in [-0.39, 0.29) is 23.3 Å². The number of benzene rings is 2. The van der Waals surface area contributed by atoms with E-state index < -0.39 is 18.5 Å². The molecule has 2 aromatic carbocycles. The molecule has 0 unspecified atom stereocenters. The zero-order valence-electron chi connectivity index (χ0n) is 17.4. The normalized spacial score (nSPS) is 13.4. The van der Waals surface area contributed by atoms with Crippen LogP contribution in [-0.4, -0.2) is 72.2 Å². The van der Waals surface area contributed by atoms with E-state index in [4.69, 9.17) is 10.5 Å². The molecule has 9 nitrogen and oxygen atoms in total. The molecule has 10 heteroatoms. The van der Waals surface area contributed by atoms with Crippen molar-refractivity contribution >= 4 is 41.3 Å². The second-order valence-electron chi connectivity index (χ2n) is 6.99. The van der Waals surface area contributed by atoms with Gasteiger partial charge in [-0.05, 0) is 24.3 Å². The van der Waals surface area contributed by atoms with Crippen LogP contribution in [0.3, 0.4) is 0 Å². The fourth-order valence-corrected chi connectivity index (χ4v) is 3.87. The summed E-state index contributed by atoms with van der Waals surface area (Å²) in [6, 6.07) is 15.6. The van der Waals surface area contributed by atoms with Crippen LogP contribution in [0.25, 0.3) is 0 Å². The van der Waals surface area contributed by atoms with Crippen LogP contribution in [0.4, 0.5) is 10.5 Å². The summed E-state index contributed by atoms with van der Waals surface area (Å²) >= 11 is 1.14. The van der Waals surface area contributed by atoms with Gasteiger partial charge in [0.25, 0.3) is 5.91 Å². The van der Waals surface area contributed by atoms with Gasteiger partial charge in [-0.25, -0.2) is 9.59 Å². The Kier molecular flexibility index (Phi) is 8.09. The number of nitrogens with zero attached hydrogens (tertiary/aromatic N) is 2. The maximum Gasteiger partial charge on any atom is 0.339 e. The molecule has 3 N–H and O–H groups in total. The molecular weight excluding hydrogens is 432 g/mol. The SMILES string of the molecule is NC(=O)CSc1ccccc1C(=O)OCC(=O)N1CCN(C(=O)Nc2ccccc2)CC1. The van der Waals surface area contributed by atoms with Crippen LogP contribution in [0.1, 0.15) is 10.4 Å². The monoisotopic (exact) mass is 456 g/mol. The summed E-state index contributed by atoms with van der Waals surface area (Å²) in [6.07, 6.45) is 0. The van der Waals surface area contributed by atoms with Crippen molar-refractivity contribution in [3.8, 4) is 0 Å². The summed E-state index contributed by atoms with van der Waals surface area (Å²) in [4.78, 5) is 52.0. The number of rotatable bonds is 7. The number of carbonyl (C=O) groups excluding carboxylic acids is 4. The Morgan fingerprint density at radius 2 is 1.53 bits per heavy atom. The van der Waals surface area contributed by atoms with Crippen molar-refractivity contribution in [1.82, 2.24) is 9.80 Å². The van der Waals surface area contributed by atoms with Crippen molar-refractivity contribution in [2.24, 2.45) is 5.73 Å². The van der Waals surface area contributed by atoms with E-state index in [1.54, 1.807) is 46.2 Å². The zero-order chi connectivity index (χ0) is 22.9. The number of hydrogen-bond donors (Lipinski definition) is 2. The van der Waals surface area contributed by atoms with Crippen LogP contribution >= 0.6 is 11.8 Å².